The zero-order valence-corrected chi connectivity index (χ0v) is 21.5. The zero-order chi connectivity index (χ0) is 25.4. The Morgan fingerprint density at radius 3 is 2.56 bits per heavy atom. The maximum Gasteiger partial charge on any atom is 0.224 e. The van der Waals surface area contributed by atoms with Crippen molar-refractivity contribution >= 4 is 34.6 Å². The van der Waals surface area contributed by atoms with Gasteiger partial charge in [-0.05, 0) is 75.0 Å². The predicted molar refractivity (Wildman–Crippen MR) is 143 cm³/mol. The summed E-state index contributed by atoms with van der Waals surface area (Å²) in [6, 6.07) is 13.8. The van der Waals surface area contributed by atoms with Crippen LogP contribution in [0.25, 0.3) is 0 Å². The Balaban J connectivity index is 1.62. The fraction of sp³-hybridized carbons (Fsp3) is 0.269. The highest BCUT2D eigenvalue weighted by Gasteiger charge is 2.42. The normalized spacial score (nSPS) is 17.3. The molecule has 1 aliphatic rings. The van der Waals surface area contributed by atoms with Crippen molar-refractivity contribution in [2.45, 2.75) is 46.2 Å². The van der Waals surface area contributed by atoms with Crippen LogP contribution in [0.3, 0.4) is 0 Å². The minimum absolute atomic E-state index is 0.0151. The highest BCUT2D eigenvalue weighted by Crippen LogP contribution is 2.43. The highest BCUT2D eigenvalue weighted by molar-refractivity contribution is 7.80. The Hall–Kier alpha value is -4.05. The summed E-state index contributed by atoms with van der Waals surface area (Å²) in [6.07, 6.45) is 5.59. The van der Waals surface area contributed by atoms with Crippen molar-refractivity contribution in [3.63, 3.8) is 0 Å². The number of carbonyl (C=O) groups excluding carboxylic acids is 1. The van der Waals surface area contributed by atoms with Crippen LogP contribution in [-0.4, -0.2) is 35.6 Å². The van der Waals surface area contributed by atoms with Gasteiger partial charge in [-0.3, -0.25) is 14.5 Å². The lowest BCUT2D eigenvalue weighted by atomic mass is 9.96. The van der Waals surface area contributed by atoms with Gasteiger partial charge in [0.25, 0.3) is 0 Å². The summed E-state index contributed by atoms with van der Waals surface area (Å²) >= 11 is 5.89. The maximum absolute atomic E-state index is 12.0. The predicted octanol–water partition coefficient (Wildman–Crippen LogP) is 4.24. The molecule has 36 heavy (non-hydrogen) atoms. The van der Waals surface area contributed by atoms with Crippen molar-refractivity contribution in [3.05, 3.63) is 89.5 Å². The van der Waals surface area contributed by atoms with Crippen LogP contribution in [0.15, 0.2) is 61.3 Å². The number of anilines is 2. The van der Waals surface area contributed by atoms with Gasteiger partial charge < -0.3 is 15.5 Å². The van der Waals surface area contributed by atoms with E-state index in [9.17, 15) is 4.79 Å². The summed E-state index contributed by atoms with van der Waals surface area (Å²) < 4.78 is 3.95. The monoisotopic (exact) mass is 500 g/mol. The number of aryl methyl sites for hydroxylation is 2. The van der Waals surface area contributed by atoms with E-state index in [1.54, 1.807) is 18.9 Å². The number of nitrogens with zero attached hydrogens (tertiary/aromatic N) is 6. The topological polar surface area (TPSA) is 92.9 Å². The zero-order valence-electron chi connectivity index (χ0n) is 20.6. The molecule has 1 fully saturated rings. The summed E-state index contributed by atoms with van der Waals surface area (Å²) in [5.74, 6) is -0.0151. The first kappa shape index (κ1) is 23.7. The molecule has 184 valence electrons. The Morgan fingerprint density at radius 2 is 1.89 bits per heavy atom. The molecule has 0 saturated carbocycles. The molecule has 3 aromatic heterocycles. The Labute approximate surface area is 215 Å². The fourth-order valence-electron chi connectivity index (χ4n) is 4.86. The van der Waals surface area contributed by atoms with E-state index in [0.717, 1.165) is 39.6 Å². The molecule has 1 aliphatic heterocycles. The molecular formula is C26H28N8OS. The van der Waals surface area contributed by atoms with Crippen molar-refractivity contribution in [3.8, 4) is 0 Å². The van der Waals surface area contributed by atoms with E-state index in [0.29, 0.717) is 11.5 Å². The second-order valence-electron chi connectivity index (χ2n) is 8.88. The molecule has 0 unspecified atom stereocenters. The van der Waals surface area contributed by atoms with Crippen LogP contribution < -0.4 is 15.5 Å². The van der Waals surface area contributed by atoms with Gasteiger partial charge in [-0.1, -0.05) is 13.0 Å². The molecule has 0 aliphatic carbocycles. The van der Waals surface area contributed by atoms with Crippen LogP contribution in [0.5, 0.6) is 0 Å². The van der Waals surface area contributed by atoms with E-state index in [1.165, 1.54) is 0 Å². The average Bonchev–Trinajstić information content (AvgIpc) is 3.58. The number of benzene rings is 1. The van der Waals surface area contributed by atoms with Gasteiger partial charge in [-0.25, -0.2) is 4.68 Å². The van der Waals surface area contributed by atoms with Crippen LogP contribution in [0.1, 0.15) is 53.6 Å². The van der Waals surface area contributed by atoms with Crippen LogP contribution in [-0.2, 0) is 4.79 Å². The van der Waals surface area contributed by atoms with Gasteiger partial charge in [0.1, 0.15) is 12.7 Å². The van der Waals surface area contributed by atoms with Gasteiger partial charge in [0.2, 0.25) is 5.91 Å². The fourth-order valence-corrected chi connectivity index (χ4v) is 5.20. The molecule has 2 N–H and O–H groups in total. The summed E-state index contributed by atoms with van der Waals surface area (Å²) in [5, 5.41) is 15.1. The van der Waals surface area contributed by atoms with Gasteiger partial charge in [0.05, 0.1) is 17.8 Å². The van der Waals surface area contributed by atoms with Crippen molar-refractivity contribution in [1.82, 2.24) is 29.9 Å². The first-order chi connectivity index (χ1) is 17.4. The number of hydrogen-bond acceptors (Lipinski definition) is 5. The quantitative estimate of drug-likeness (QED) is 0.383. The molecule has 1 amide bonds. The Bertz CT molecular complexity index is 1410. The van der Waals surface area contributed by atoms with Gasteiger partial charge in [0.15, 0.2) is 5.11 Å². The van der Waals surface area contributed by atoms with Crippen LogP contribution >= 0.6 is 12.2 Å². The first-order valence-electron chi connectivity index (χ1n) is 11.8. The third-order valence-corrected chi connectivity index (χ3v) is 6.89. The summed E-state index contributed by atoms with van der Waals surface area (Å²) in [7, 11) is 0. The molecule has 0 spiro atoms. The number of carbonyl (C=O) groups is 1. The second kappa shape index (κ2) is 9.54. The van der Waals surface area contributed by atoms with E-state index in [4.69, 9.17) is 12.2 Å². The van der Waals surface area contributed by atoms with Gasteiger partial charge in [-0.2, -0.15) is 0 Å². The number of amides is 1. The van der Waals surface area contributed by atoms with E-state index in [-0.39, 0.29) is 18.0 Å². The number of thiocarbonyl (C=S) groups is 1. The Kier molecular flexibility index (Phi) is 6.27. The lowest BCUT2D eigenvalue weighted by Gasteiger charge is -2.28. The molecule has 4 heterocycles. The SMILES string of the molecule is CCC(=O)Nc1ccc(N2C(=S)N[C@H](c3ccccn3)[C@@H]2c2cc(C)n(-n3cnnc3)c2C)cc1C. The Morgan fingerprint density at radius 1 is 1.11 bits per heavy atom. The van der Waals surface area contributed by atoms with E-state index in [1.807, 2.05) is 48.9 Å². The van der Waals surface area contributed by atoms with Gasteiger partial charge in [-0.15, -0.1) is 10.2 Å². The lowest BCUT2D eigenvalue weighted by Crippen LogP contribution is -2.29. The second-order valence-corrected chi connectivity index (χ2v) is 9.26. The molecule has 1 aromatic carbocycles. The minimum atomic E-state index is -0.159. The van der Waals surface area contributed by atoms with Crippen LogP contribution in [0.2, 0.25) is 0 Å². The van der Waals surface area contributed by atoms with E-state index >= 15 is 0 Å². The number of nitrogens with one attached hydrogen (secondary N) is 2. The van der Waals surface area contributed by atoms with E-state index < -0.39 is 0 Å². The standard InChI is InChI=1S/C26H28N8OS/c1-5-23(35)30-21-10-9-19(12-16(21)2)33-25(24(31-26(33)36)22-8-6-7-11-27-22)20-13-17(3)34(18(20)4)32-14-28-29-15-32/h6-15,24-25H,5H2,1-4H3,(H,30,35)(H,31,36)/t24-,25+/m1/s1. The van der Waals surface area contributed by atoms with Gasteiger partial charge in [0, 0.05) is 40.9 Å². The summed E-state index contributed by atoms with van der Waals surface area (Å²) in [4.78, 5) is 18.8. The lowest BCUT2D eigenvalue weighted by molar-refractivity contribution is -0.115. The van der Waals surface area contributed by atoms with E-state index in [2.05, 4.69) is 61.4 Å². The molecular weight excluding hydrogens is 472 g/mol. The highest BCUT2D eigenvalue weighted by atomic mass is 32.1. The minimum Gasteiger partial charge on any atom is -0.351 e. The summed E-state index contributed by atoms with van der Waals surface area (Å²) in [6.45, 7) is 7.98. The number of rotatable bonds is 6. The molecule has 0 bridgehead atoms. The van der Waals surface area contributed by atoms with Crippen molar-refractivity contribution in [2.24, 2.45) is 0 Å². The molecule has 5 rings (SSSR count). The van der Waals surface area contributed by atoms with Crippen molar-refractivity contribution in [1.29, 1.82) is 0 Å². The van der Waals surface area contributed by atoms with Crippen molar-refractivity contribution in [2.75, 3.05) is 10.2 Å². The maximum atomic E-state index is 12.0. The molecule has 9 nitrogen and oxygen atoms in total. The third kappa shape index (κ3) is 4.13. The first-order valence-corrected chi connectivity index (χ1v) is 12.2. The number of pyridine rings is 1. The van der Waals surface area contributed by atoms with Crippen LogP contribution in [0, 0.1) is 20.8 Å². The molecule has 1 saturated heterocycles. The van der Waals surface area contributed by atoms with Crippen molar-refractivity contribution < 1.29 is 4.79 Å². The van der Waals surface area contributed by atoms with Crippen LogP contribution in [0.4, 0.5) is 11.4 Å². The van der Waals surface area contributed by atoms with Gasteiger partial charge >= 0.3 is 0 Å². The molecule has 0 radical (unpaired) electrons. The largest absolute Gasteiger partial charge is 0.351 e. The number of aromatic nitrogens is 5. The summed E-state index contributed by atoms with van der Waals surface area (Å²) in [5.41, 5.74) is 6.83. The smallest absolute Gasteiger partial charge is 0.224 e. The third-order valence-electron chi connectivity index (χ3n) is 6.57. The average molecular weight is 501 g/mol. The molecule has 4 aromatic rings. The number of hydrogen-bond donors (Lipinski definition) is 2. The molecule has 2 atom stereocenters. The molecule has 10 heteroatoms.